The second-order valence-electron chi connectivity index (χ2n) is 2.88. The highest BCUT2D eigenvalue weighted by molar-refractivity contribution is 8.10. The highest BCUT2D eigenvalue weighted by Gasteiger charge is 2.63. The molecule has 5 heteroatoms. The Hall–Kier alpha value is -1.23. The number of hydrogen-bond acceptors (Lipinski definition) is 3. The molecule has 0 spiro atoms. The van der Waals surface area contributed by atoms with E-state index in [-0.39, 0.29) is 5.57 Å². The molecule has 1 fully saturated rings. The lowest BCUT2D eigenvalue weighted by atomic mass is 9.94. The van der Waals surface area contributed by atoms with Crippen molar-refractivity contribution in [3.05, 3.63) is 23.8 Å². The van der Waals surface area contributed by atoms with Crippen molar-refractivity contribution in [1.82, 2.24) is 0 Å². The van der Waals surface area contributed by atoms with E-state index in [1.165, 1.54) is 18.2 Å². The van der Waals surface area contributed by atoms with Gasteiger partial charge >= 0.3 is 11.9 Å². The van der Waals surface area contributed by atoms with Crippen molar-refractivity contribution in [2.75, 3.05) is 0 Å². The van der Waals surface area contributed by atoms with Gasteiger partial charge in [-0.25, -0.2) is 4.79 Å². The minimum absolute atomic E-state index is 0.176. The van der Waals surface area contributed by atoms with Crippen LogP contribution in [-0.4, -0.2) is 32.1 Å². The zero-order valence-corrected chi connectivity index (χ0v) is 7.25. The first-order chi connectivity index (χ1) is 6.08. The summed E-state index contributed by atoms with van der Waals surface area (Å²) in [6.07, 6.45) is 4.49. The Morgan fingerprint density at radius 2 is 2.15 bits per heavy atom. The summed E-state index contributed by atoms with van der Waals surface area (Å²) in [5.41, 5.74) is 0.176. The second-order valence-corrected chi connectivity index (χ2v) is 4.27. The molecule has 1 saturated heterocycles. The third-order valence-corrected chi connectivity index (χ3v) is 3.67. The fraction of sp³-hybridized carbons (Fsp3) is 0.250. The molecule has 2 rings (SSSR count). The van der Waals surface area contributed by atoms with Crippen molar-refractivity contribution in [3.63, 3.8) is 0 Å². The molecule has 0 saturated carbocycles. The Labute approximate surface area is 77.9 Å². The number of fused-ring (bicyclic) bond motifs is 1. The summed E-state index contributed by atoms with van der Waals surface area (Å²) in [4.78, 5) is 21.4. The van der Waals surface area contributed by atoms with E-state index in [9.17, 15) is 9.59 Å². The zero-order chi connectivity index (χ0) is 9.64. The third kappa shape index (κ3) is 1.00. The lowest BCUT2D eigenvalue weighted by Gasteiger charge is -2.07. The molecule has 13 heavy (non-hydrogen) atoms. The molecule has 0 aromatic carbocycles. The van der Waals surface area contributed by atoms with Gasteiger partial charge in [-0.1, -0.05) is 18.2 Å². The van der Waals surface area contributed by atoms with Gasteiger partial charge in [0.1, 0.15) is 4.75 Å². The van der Waals surface area contributed by atoms with Crippen LogP contribution >= 0.6 is 11.8 Å². The van der Waals surface area contributed by atoms with Gasteiger partial charge in [0.25, 0.3) is 0 Å². The van der Waals surface area contributed by atoms with Crippen LogP contribution in [0.25, 0.3) is 0 Å². The molecule has 1 aliphatic carbocycles. The molecule has 2 atom stereocenters. The minimum atomic E-state index is -1.04. The van der Waals surface area contributed by atoms with Gasteiger partial charge < -0.3 is 10.2 Å². The molecule has 0 radical (unpaired) electrons. The molecule has 2 unspecified atom stereocenters. The fourth-order valence-electron chi connectivity index (χ4n) is 1.38. The molecule has 0 aromatic heterocycles. The van der Waals surface area contributed by atoms with Crippen LogP contribution in [0.15, 0.2) is 23.8 Å². The number of carboxylic acids is 2. The minimum Gasteiger partial charge on any atom is -0.480 e. The Bertz CT molecular complexity index is 357. The number of thioether (sulfide) groups is 1. The van der Waals surface area contributed by atoms with Crippen LogP contribution in [0.4, 0.5) is 0 Å². The Kier molecular flexibility index (Phi) is 1.53. The lowest BCUT2D eigenvalue weighted by Crippen LogP contribution is -2.27. The number of hydrogen-bond donors (Lipinski definition) is 2. The highest BCUT2D eigenvalue weighted by Crippen LogP contribution is 2.59. The summed E-state index contributed by atoms with van der Waals surface area (Å²) in [5, 5.41) is 17.2. The standard InChI is InChI=1S/C8H6O4S/c9-6(10)4-2-1-3-8(7(11)12)5(4)13-8/h1-3,5H,(H,9,10)(H,11,12). The molecular weight excluding hydrogens is 192 g/mol. The molecule has 4 nitrogen and oxygen atoms in total. The van der Waals surface area contributed by atoms with Gasteiger partial charge in [-0.2, -0.15) is 0 Å². The maximum Gasteiger partial charge on any atom is 0.332 e. The first-order valence-corrected chi connectivity index (χ1v) is 4.50. The lowest BCUT2D eigenvalue weighted by molar-refractivity contribution is -0.137. The Balaban J connectivity index is 2.33. The van der Waals surface area contributed by atoms with Gasteiger partial charge in [0.05, 0.1) is 10.8 Å². The number of rotatable bonds is 2. The summed E-state index contributed by atoms with van der Waals surface area (Å²) in [6.45, 7) is 0. The van der Waals surface area contributed by atoms with Gasteiger partial charge in [0.2, 0.25) is 0 Å². The zero-order valence-electron chi connectivity index (χ0n) is 6.43. The first-order valence-electron chi connectivity index (χ1n) is 3.62. The van der Waals surface area contributed by atoms with Gasteiger partial charge in [-0.15, -0.1) is 11.8 Å². The molecule has 1 heterocycles. The molecule has 0 amide bonds. The van der Waals surface area contributed by atoms with Gasteiger partial charge in [-0.05, 0) is 0 Å². The predicted molar refractivity (Wildman–Crippen MR) is 46.6 cm³/mol. The number of allylic oxidation sites excluding steroid dienone is 2. The number of carbonyl (C=O) groups is 2. The van der Waals surface area contributed by atoms with E-state index in [1.54, 1.807) is 0 Å². The Morgan fingerprint density at radius 1 is 1.46 bits per heavy atom. The van der Waals surface area contributed by atoms with E-state index in [0.717, 1.165) is 11.8 Å². The molecule has 0 bridgehead atoms. The van der Waals surface area contributed by atoms with Crippen molar-refractivity contribution >= 4 is 23.7 Å². The van der Waals surface area contributed by atoms with Crippen LogP contribution in [0.1, 0.15) is 0 Å². The van der Waals surface area contributed by atoms with Crippen molar-refractivity contribution in [3.8, 4) is 0 Å². The van der Waals surface area contributed by atoms with Gasteiger partial charge in [0.15, 0.2) is 0 Å². The SMILES string of the molecule is O=C(O)C1=CC=CC2(C(=O)O)SC12. The van der Waals surface area contributed by atoms with Crippen LogP contribution in [0.2, 0.25) is 0 Å². The maximum absolute atomic E-state index is 10.8. The molecule has 68 valence electrons. The number of aliphatic carboxylic acids is 2. The molecule has 2 aliphatic rings. The average Bonchev–Trinajstić information content (AvgIpc) is 2.77. The van der Waals surface area contributed by atoms with Gasteiger partial charge in [-0.3, -0.25) is 4.79 Å². The summed E-state index contributed by atoms with van der Waals surface area (Å²) >= 11 is 1.16. The van der Waals surface area contributed by atoms with Crippen LogP contribution in [0, 0.1) is 0 Å². The molecule has 0 aromatic rings. The van der Waals surface area contributed by atoms with E-state index in [4.69, 9.17) is 10.2 Å². The molecule has 1 aliphatic heterocycles. The topological polar surface area (TPSA) is 74.6 Å². The van der Waals surface area contributed by atoms with E-state index < -0.39 is 21.9 Å². The van der Waals surface area contributed by atoms with Gasteiger partial charge in [0, 0.05) is 0 Å². The fourth-order valence-corrected chi connectivity index (χ4v) is 2.57. The van der Waals surface area contributed by atoms with Crippen molar-refractivity contribution < 1.29 is 19.8 Å². The second kappa shape index (κ2) is 2.38. The van der Waals surface area contributed by atoms with Crippen LogP contribution < -0.4 is 0 Å². The quantitative estimate of drug-likeness (QED) is 0.632. The number of carboxylic acid groups (broad SMARTS) is 2. The van der Waals surface area contributed by atoms with Crippen molar-refractivity contribution in [1.29, 1.82) is 0 Å². The smallest absolute Gasteiger partial charge is 0.332 e. The summed E-state index contributed by atoms with van der Waals surface area (Å²) < 4.78 is -0.998. The molecule has 2 N–H and O–H groups in total. The largest absolute Gasteiger partial charge is 0.480 e. The van der Waals surface area contributed by atoms with E-state index in [1.807, 2.05) is 0 Å². The predicted octanol–water partition coefficient (Wildman–Crippen LogP) is 0.506. The monoisotopic (exact) mass is 198 g/mol. The van der Waals surface area contributed by atoms with Crippen molar-refractivity contribution in [2.24, 2.45) is 0 Å². The first kappa shape index (κ1) is 8.37. The van der Waals surface area contributed by atoms with E-state index >= 15 is 0 Å². The van der Waals surface area contributed by atoms with Crippen LogP contribution in [-0.2, 0) is 9.59 Å². The van der Waals surface area contributed by atoms with Crippen LogP contribution in [0.5, 0.6) is 0 Å². The summed E-state index contributed by atoms with van der Waals surface area (Å²) in [6, 6.07) is 0. The normalized spacial score (nSPS) is 34.8. The summed E-state index contributed by atoms with van der Waals surface area (Å²) in [7, 11) is 0. The van der Waals surface area contributed by atoms with E-state index in [0.29, 0.717) is 0 Å². The van der Waals surface area contributed by atoms with E-state index in [2.05, 4.69) is 0 Å². The Morgan fingerprint density at radius 3 is 2.69 bits per heavy atom. The van der Waals surface area contributed by atoms with Crippen LogP contribution in [0.3, 0.4) is 0 Å². The molecular formula is C8H6O4S. The average molecular weight is 198 g/mol. The van der Waals surface area contributed by atoms with Crippen molar-refractivity contribution in [2.45, 2.75) is 10.00 Å². The third-order valence-electron chi connectivity index (χ3n) is 2.13. The summed E-state index contributed by atoms with van der Waals surface area (Å²) in [5.74, 6) is -2.00. The highest BCUT2D eigenvalue weighted by atomic mass is 32.2. The maximum atomic E-state index is 10.8.